The predicted octanol–water partition coefficient (Wildman–Crippen LogP) is 5.90. The van der Waals surface area contributed by atoms with Crippen molar-refractivity contribution in [2.24, 2.45) is 5.92 Å². The maximum atomic E-state index is 13.5. The first-order valence-corrected chi connectivity index (χ1v) is 9.84. The molecule has 0 atom stereocenters. The first kappa shape index (κ1) is 22.1. The Morgan fingerprint density at radius 3 is 2.36 bits per heavy atom. The number of unbranched alkanes of at least 4 members (excludes halogenated alkanes) is 1. The summed E-state index contributed by atoms with van der Waals surface area (Å²) in [6.07, 6.45) is 1.54. The van der Waals surface area contributed by atoms with E-state index in [0.717, 1.165) is 6.07 Å². The van der Waals surface area contributed by atoms with Gasteiger partial charge in [-0.2, -0.15) is 4.39 Å². The molecular formula is C21H23BrF2O4. The van der Waals surface area contributed by atoms with Crippen molar-refractivity contribution in [2.75, 3.05) is 13.2 Å². The van der Waals surface area contributed by atoms with Crippen LogP contribution in [0.25, 0.3) is 0 Å². The van der Waals surface area contributed by atoms with Crippen molar-refractivity contribution in [1.29, 1.82) is 0 Å². The van der Waals surface area contributed by atoms with Crippen LogP contribution in [0.1, 0.15) is 43.5 Å². The summed E-state index contributed by atoms with van der Waals surface area (Å²) in [6, 6.07) is 6.98. The molecule has 0 aliphatic rings. The maximum Gasteiger partial charge on any atom is 0.200 e. The molecule has 2 rings (SSSR count). The number of hydrogen-bond donors (Lipinski definition) is 1. The first-order chi connectivity index (χ1) is 13.3. The summed E-state index contributed by atoms with van der Waals surface area (Å²) in [5.41, 5.74) is 0.262. The lowest BCUT2D eigenvalue weighted by atomic mass is 10.0. The average Bonchev–Trinajstić information content (AvgIpc) is 2.64. The smallest absolute Gasteiger partial charge is 0.200 e. The third kappa shape index (κ3) is 5.92. The summed E-state index contributed by atoms with van der Waals surface area (Å²) in [5, 5.41) is 10.2. The lowest BCUT2D eigenvalue weighted by Gasteiger charge is -2.13. The number of carbonyl (C=O) groups excluding carboxylic acids is 1. The highest BCUT2D eigenvalue weighted by molar-refractivity contribution is 9.10. The van der Waals surface area contributed by atoms with Crippen LogP contribution in [-0.4, -0.2) is 24.1 Å². The van der Waals surface area contributed by atoms with Gasteiger partial charge in [0.25, 0.3) is 0 Å². The van der Waals surface area contributed by atoms with E-state index in [4.69, 9.17) is 9.47 Å². The molecule has 0 aliphatic carbocycles. The molecule has 7 heteroatoms. The van der Waals surface area contributed by atoms with Crippen LogP contribution in [-0.2, 0) is 0 Å². The number of phenolic OH excluding ortho intramolecular Hbond substituents is 1. The van der Waals surface area contributed by atoms with E-state index < -0.39 is 11.6 Å². The SMILES string of the molecule is CC(C)CC(=O)c1ccc(OCCCCOc2cccc(F)c2F)c(Br)c1O. The van der Waals surface area contributed by atoms with Crippen LogP contribution in [0.5, 0.6) is 17.2 Å². The topological polar surface area (TPSA) is 55.8 Å². The molecule has 4 nitrogen and oxygen atoms in total. The van der Waals surface area contributed by atoms with Crippen LogP contribution in [0.4, 0.5) is 8.78 Å². The van der Waals surface area contributed by atoms with Crippen molar-refractivity contribution in [3.8, 4) is 17.2 Å². The zero-order chi connectivity index (χ0) is 20.7. The Labute approximate surface area is 171 Å². The van der Waals surface area contributed by atoms with E-state index in [0.29, 0.717) is 36.1 Å². The molecule has 0 radical (unpaired) electrons. The van der Waals surface area contributed by atoms with E-state index in [9.17, 15) is 18.7 Å². The molecule has 2 aromatic rings. The summed E-state index contributed by atoms with van der Waals surface area (Å²) < 4.78 is 37.7. The van der Waals surface area contributed by atoms with Crippen LogP contribution in [0.2, 0.25) is 0 Å². The fourth-order valence-electron chi connectivity index (χ4n) is 2.53. The molecule has 1 N–H and O–H groups in total. The average molecular weight is 457 g/mol. The summed E-state index contributed by atoms with van der Waals surface area (Å²) in [4.78, 5) is 12.1. The number of benzene rings is 2. The number of hydrogen-bond acceptors (Lipinski definition) is 4. The van der Waals surface area contributed by atoms with Crippen molar-refractivity contribution in [3.63, 3.8) is 0 Å². The maximum absolute atomic E-state index is 13.5. The van der Waals surface area contributed by atoms with Gasteiger partial charge < -0.3 is 14.6 Å². The number of aromatic hydroxyl groups is 1. The molecule has 0 bridgehead atoms. The molecule has 0 saturated heterocycles. The molecular weight excluding hydrogens is 434 g/mol. The zero-order valence-electron chi connectivity index (χ0n) is 15.8. The first-order valence-electron chi connectivity index (χ1n) is 9.05. The fraction of sp³-hybridized carbons (Fsp3) is 0.381. The fourth-order valence-corrected chi connectivity index (χ4v) is 2.99. The minimum Gasteiger partial charge on any atom is -0.506 e. The van der Waals surface area contributed by atoms with E-state index in [1.165, 1.54) is 12.1 Å². The van der Waals surface area contributed by atoms with E-state index >= 15 is 0 Å². The van der Waals surface area contributed by atoms with Crippen molar-refractivity contribution in [2.45, 2.75) is 33.1 Å². The monoisotopic (exact) mass is 456 g/mol. The molecule has 0 amide bonds. The van der Waals surface area contributed by atoms with E-state index in [-0.39, 0.29) is 35.4 Å². The van der Waals surface area contributed by atoms with E-state index in [1.807, 2.05) is 13.8 Å². The number of ether oxygens (including phenoxy) is 2. The van der Waals surface area contributed by atoms with Gasteiger partial charge in [0, 0.05) is 6.42 Å². The standard InChI is InChI=1S/C21H23BrF2O4/c1-13(2)12-16(25)14-8-9-17(19(22)21(14)26)27-10-3-4-11-28-18-7-5-6-15(23)20(18)24/h5-9,13,26H,3-4,10-12H2,1-2H3. The Balaban J connectivity index is 1.81. The predicted molar refractivity (Wildman–Crippen MR) is 106 cm³/mol. The van der Waals surface area contributed by atoms with Crippen LogP contribution in [0.15, 0.2) is 34.8 Å². The minimum absolute atomic E-state index is 0.116. The number of ketones is 1. The van der Waals surface area contributed by atoms with Gasteiger partial charge in [-0.25, -0.2) is 4.39 Å². The Bertz CT molecular complexity index is 824. The van der Waals surface area contributed by atoms with Crippen molar-refractivity contribution in [1.82, 2.24) is 0 Å². The Morgan fingerprint density at radius 2 is 1.71 bits per heavy atom. The third-order valence-electron chi connectivity index (χ3n) is 3.94. The zero-order valence-corrected chi connectivity index (χ0v) is 17.4. The normalized spacial score (nSPS) is 10.9. The van der Waals surface area contributed by atoms with Gasteiger partial charge in [0.05, 0.1) is 18.8 Å². The molecule has 0 aliphatic heterocycles. The van der Waals surface area contributed by atoms with Crippen molar-refractivity contribution < 1.29 is 28.2 Å². The number of phenols is 1. The van der Waals surface area contributed by atoms with Crippen LogP contribution in [0.3, 0.4) is 0 Å². The largest absolute Gasteiger partial charge is 0.506 e. The van der Waals surface area contributed by atoms with Crippen LogP contribution < -0.4 is 9.47 Å². The molecule has 0 fully saturated rings. The second kappa shape index (κ2) is 10.4. The summed E-state index contributed by atoms with van der Waals surface area (Å²) in [6.45, 7) is 4.44. The molecule has 152 valence electrons. The second-order valence-electron chi connectivity index (χ2n) is 6.75. The third-order valence-corrected chi connectivity index (χ3v) is 4.71. The van der Waals surface area contributed by atoms with E-state index in [1.54, 1.807) is 12.1 Å². The number of carbonyl (C=O) groups is 1. The summed E-state index contributed by atoms with van der Waals surface area (Å²) in [7, 11) is 0. The second-order valence-corrected chi connectivity index (χ2v) is 7.54. The van der Waals surface area contributed by atoms with E-state index in [2.05, 4.69) is 15.9 Å². The summed E-state index contributed by atoms with van der Waals surface area (Å²) in [5.74, 6) is -1.68. The van der Waals surface area contributed by atoms with Crippen LogP contribution >= 0.6 is 15.9 Å². The highest BCUT2D eigenvalue weighted by Gasteiger charge is 2.18. The minimum atomic E-state index is -0.995. The quantitative estimate of drug-likeness (QED) is 0.357. The Hall–Kier alpha value is -2.15. The molecule has 0 unspecified atom stereocenters. The highest BCUT2D eigenvalue weighted by atomic mass is 79.9. The summed E-state index contributed by atoms with van der Waals surface area (Å²) >= 11 is 3.26. The van der Waals surface area contributed by atoms with Crippen molar-refractivity contribution in [3.05, 3.63) is 52.0 Å². The highest BCUT2D eigenvalue weighted by Crippen LogP contribution is 2.37. The molecule has 0 spiro atoms. The van der Waals surface area contributed by atoms with Gasteiger partial charge >= 0.3 is 0 Å². The number of rotatable bonds is 10. The molecule has 0 heterocycles. The van der Waals surface area contributed by atoms with Gasteiger partial charge in [-0.3, -0.25) is 4.79 Å². The molecule has 28 heavy (non-hydrogen) atoms. The molecule has 0 aromatic heterocycles. The van der Waals surface area contributed by atoms with Crippen LogP contribution in [0, 0.1) is 17.6 Å². The molecule has 2 aromatic carbocycles. The molecule has 0 saturated carbocycles. The van der Waals surface area contributed by atoms with Gasteiger partial charge in [-0.15, -0.1) is 0 Å². The number of halogens is 3. The van der Waals surface area contributed by atoms with Gasteiger partial charge in [0.1, 0.15) is 16.0 Å². The van der Waals surface area contributed by atoms with Gasteiger partial charge in [0.2, 0.25) is 5.82 Å². The Kier molecular flexibility index (Phi) is 8.23. The Morgan fingerprint density at radius 1 is 1.07 bits per heavy atom. The van der Waals surface area contributed by atoms with Gasteiger partial charge in [0.15, 0.2) is 17.3 Å². The number of Topliss-reactive ketones (excluding diaryl/α,β-unsaturated/α-hetero) is 1. The lowest BCUT2D eigenvalue weighted by molar-refractivity contribution is 0.0965. The van der Waals surface area contributed by atoms with Gasteiger partial charge in [-0.05, 0) is 59.0 Å². The lowest BCUT2D eigenvalue weighted by Crippen LogP contribution is -2.06. The van der Waals surface area contributed by atoms with Gasteiger partial charge in [-0.1, -0.05) is 19.9 Å². The van der Waals surface area contributed by atoms with Crippen molar-refractivity contribution >= 4 is 21.7 Å².